The molecule has 0 N–H and O–H groups in total. The molecule has 0 saturated carbocycles. The third kappa shape index (κ3) is 3.69. The van der Waals surface area contributed by atoms with Crippen LogP contribution in [-0.2, 0) is 14.3 Å². The number of hydrogen-bond donors (Lipinski definition) is 0. The number of methoxy groups -OCH3 is 1. The van der Waals surface area contributed by atoms with E-state index in [1.54, 1.807) is 20.1 Å². The average Bonchev–Trinajstić information content (AvgIpc) is 2.68. The lowest BCUT2D eigenvalue weighted by molar-refractivity contribution is -0.151. The highest BCUT2D eigenvalue weighted by molar-refractivity contribution is 6.10. The molecule has 2 aromatic rings. The lowest BCUT2D eigenvalue weighted by Crippen LogP contribution is -2.34. The fraction of sp³-hybridized carbons (Fsp3) is 0.273. The third-order valence-corrected chi connectivity index (χ3v) is 4.69. The topological polar surface area (TPSA) is 52.6 Å². The molecule has 26 heavy (non-hydrogen) atoms. The van der Waals surface area contributed by atoms with E-state index in [1.165, 1.54) is 0 Å². The van der Waals surface area contributed by atoms with Crippen LogP contribution in [0.4, 0.5) is 0 Å². The van der Waals surface area contributed by atoms with Gasteiger partial charge in [-0.1, -0.05) is 42.5 Å². The molecule has 4 nitrogen and oxygen atoms in total. The van der Waals surface area contributed by atoms with E-state index >= 15 is 0 Å². The lowest BCUT2D eigenvalue weighted by atomic mass is 9.73. The molecular formula is C22H22O4. The molecule has 0 saturated heterocycles. The van der Waals surface area contributed by atoms with Crippen molar-refractivity contribution in [2.75, 3.05) is 13.7 Å². The van der Waals surface area contributed by atoms with Crippen molar-refractivity contribution in [2.45, 2.75) is 19.3 Å². The fourth-order valence-electron chi connectivity index (χ4n) is 3.40. The molecule has 2 atom stereocenters. The van der Waals surface area contributed by atoms with Crippen LogP contribution < -0.4 is 4.74 Å². The van der Waals surface area contributed by atoms with Crippen molar-refractivity contribution < 1.29 is 19.1 Å². The van der Waals surface area contributed by atoms with Crippen molar-refractivity contribution in [2.24, 2.45) is 5.92 Å². The van der Waals surface area contributed by atoms with Gasteiger partial charge in [-0.15, -0.1) is 0 Å². The standard InChI is InChI=1S/C22H22O4/c1-3-26-22(24)21-19(16-7-5-4-6-8-16)13-17(14-20(21)23)15-9-11-18(25-2)12-10-15/h4-12,14,19,21H,3,13H2,1-2H3/t19-,21+/m1/s1. The second-order valence-corrected chi connectivity index (χ2v) is 6.25. The minimum Gasteiger partial charge on any atom is -0.497 e. The van der Waals surface area contributed by atoms with Crippen molar-refractivity contribution in [3.63, 3.8) is 0 Å². The Bertz CT molecular complexity index is 806. The van der Waals surface area contributed by atoms with Crippen LogP contribution in [0, 0.1) is 5.92 Å². The van der Waals surface area contributed by atoms with Crippen molar-refractivity contribution >= 4 is 17.3 Å². The first-order valence-electron chi connectivity index (χ1n) is 8.74. The number of allylic oxidation sites excluding steroid dienone is 2. The van der Waals surface area contributed by atoms with Gasteiger partial charge in [-0.3, -0.25) is 9.59 Å². The van der Waals surface area contributed by atoms with E-state index in [2.05, 4.69) is 0 Å². The Morgan fingerprint density at radius 3 is 2.38 bits per heavy atom. The summed E-state index contributed by atoms with van der Waals surface area (Å²) in [5, 5.41) is 0. The van der Waals surface area contributed by atoms with Crippen molar-refractivity contribution in [3.8, 4) is 5.75 Å². The molecule has 2 aromatic carbocycles. The Hall–Kier alpha value is -2.88. The molecule has 1 aliphatic carbocycles. The van der Waals surface area contributed by atoms with Gasteiger partial charge in [0.15, 0.2) is 5.78 Å². The lowest BCUT2D eigenvalue weighted by Gasteiger charge is -2.29. The van der Waals surface area contributed by atoms with Crippen LogP contribution in [0.15, 0.2) is 60.7 Å². The van der Waals surface area contributed by atoms with E-state index in [-0.39, 0.29) is 18.3 Å². The first-order valence-corrected chi connectivity index (χ1v) is 8.74. The second-order valence-electron chi connectivity index (χ2n) is 6.25. The normalized spacial score (nSPS) is 19.6. The van der Waals surface area contributed by atoms with E-state index in [1.807, 2.05) is 54.6 Å². The van der Waals surface area contributed by atoms with E-state index in [0.717, 1.165) is 22.4 Å². The molecule has 4 heteroatoms. The number of ether oxygens (including phenoxy) is 2. The van der Waals surface area contributed by atoms with Gasteiger partial charge in [-0.2, -0.15) is 0 Å². The summed E-state index contributed by atoms with van der Waals surface area (Å²) in [6.45, 7) is 2.01. The minimum absolute atomic E-state index is 0.200. The van der Waals surface area contributed by atoms with Crippen LogP contribution in [-0.4, -0.2) is 25.5 Å². The van der Waals surface area contributed by atoms with E-state index in [0.29, 0.717) is 6.42 Å². The SMILES string of the molecule is CCOC(=O)[C@@H]1C(=O)C=C(c2ccc(OC)cc2)C[C@@H]1c1ccccc1. The molecule has 0 unspecified atom stereocenters. The summed E-state index contributed by atoms with van der Waals surface area (Å²) >= 11 is 0. The first-order chi connectivity index (χ1) is 12.6. The van der Waals surface area contributed by atoms with E-state index < -0.39 is 11.9 Å². The van der Waals surface area contributed by atoms with Crippen LogP contribution in [0.3, 0.4) is 0 Å². The molecule has 0 radical (unpaired) electrons. The molecule has 0 aliphatic heterocycles. The third-order valence-electron chi connectivity index (χ3n) is 4.69. The van der Waals surface area contributed by atoms with Gasteiger partial charge >= 0.3 is 5.97 Å². The Morgan fingerprint density at radius 1 is 1.08 bits per heavy atom. The van der Waals surface area contributed by atoms with Crippen LogP contribution in [0.5, 0.6) is 5.75 Å². The van der Waals surface area contributed by atoms with Gasteiger partial charge in [0.05, 0.1) is 13.7 Å². The van der Waals surface area contributed by atoms with Crippen LogP contribution in [0.1, 0.15) is 30.4 Å². The van der Waals surface area contributed by atoms with Gasteiger partial charge in [0.1, 0.15) is 11.7 Å². The summed E-state index contributed by atoms with van der Waals surface area (Å²) in [6, 6.07) is 17.3. The average molecular weight is 350 g/mol. The summed E-state index contributed by atoms with van der Waals surface area (Å²) in [7, 11) is 1.62. The molecule has 3 rings (SSSR count). The number of esters is 1. The Morgan fingerprint density at radius 2 is 1.77 bits per heavy atom. The molecule has 0 heterocycles. The quantitative estimate of drug-likeness (QED) is 0.604. The van der Waals surface area contributed by atoms with Crippen molar-refractivity contribution in [1.82, 2.24) is 0 Å². The summed E-state index contributed by atoms with van der Waals surface area (Å²) in [6.07, 6.45) is 2.19. The Balaban J connectivity index is 1.98. The number of rotatable bonds is 5. The first kappa shape index (κ1) is 17.9. The van der Waals surface area contributed by atoms with E-state index in [9.17, 15) is 9.59 Å². The molecule has 1 aliphatic rings. The zero-order valence-corrected chi connectivity index (χ0v) is 15.0. The van der Waals surface area contributed by atoms with Gasteiger partial charge in [0, 0.05) is 5.92 Å². The van der Waals surface area contributed by atoms with Crippen molar-refractivity contribution in [3.05, 3.63) is 71.8 Å². The largest absolute Gasteiger partial charge is 0.497 e. The highest BCUT2D eigenvalue weighted by atomic mass is 16.5. The Kier molecular flexibility index (Phi) is 5.52. The zero-order chi connectivity index (χ0) is 18.5. The van der Waals surface area contributed by atoms with Gasteiger partial charge < -0.3 is 9.47 Å². The van der Waals surface area contributed by atoms with E-state index in [4.69, 9.17) is 9.47 Å². The maximum Gasteiger partial charge on any atom is 0.317 e. The maximum atomic E-state index is 12.8. The molecule has 134 valence electrons. The highest BCUT2D eigenvalue weighted by Gasteiger charge is 2.39. The number of carbonyl (C=O) groups excluding carboxylic acids is 2. The predicted molar refractivity (Wildman–Crippen MR) is 99.9 cm³/mol. The zero-order valence-electron chi connectivity index (χ0n) is 15.0. The van der Waals surface area contributed by atoms with Gasteiger partial charge in [0.2, 0.25) is 0 Å². The number of carbonyl (C=O) groups is 2. The molecule has 0 fully saturated rings. The number of ketones is 1. The number of benzene rings is 2. The molecule has 0 aromatic heterocycles. The predicted octanol–water partition coefficient (Wildman–Crippen LogP) is 4.01. The summed E-state index contributed by atoms with van der Waals surface area (Å²) < 4.78 is 10.4. The fourth-order valence-corrected chi connectivity index (χ4v) is 3.40. The summed E-state index contributed by atoms with van der Waals surface area (Å²) in [5.41, 5.74) is 2.85. The van der Waals surface area contributed by atoms with Crippen LogP contribution in [0.25, 0.3) is 5.57 Å². The van der Waals surface area contributed by atoms with Crippen LogP contribution >= 0.6 is 0 Å². The second kappa shape index (κ2) is 8.00. The monoisotopic (exact) mass is 350 g/mol. The maximum absolute atomic E-state index is 12.8. The summed E-state index contributed by atoms with van der Waals surface area (Å²) in [4.78, 5) is 25.2. The minimum atomic E-state index is -0.792. The Labute approximate surface area is 153 Å². The highest BCUT2D eigenvalue weighted by Crippen LogP contribution is 2.40. The molecule has 0 amide bonds. The van der Waals surface area contributed by atoms with Gasteiger partial charge in [0.25, 0.3) is 0 Å². The van der Waals surface area contributed by atoms with Crippen molar-refractivity contribution in [1.29, 1.82) is 0 Å². The molecule has 0 bridgehead atoms. The molecule has 0 spiro atoms. The van der Waals surface area contributed by atoms with Crippen LogP contribution in [0.2, 0.25) is 0 Å². The number of hydrogen-bond acceptors (Lipinski definition) is 4. The van der Waals surface area contributed by atoms with Gasteiger partial charge in [-0.25, -0.2) is 0 Å². The summed E-state index contributed by atoms with van der Waals surface area (Å²) in [5.74, 6) is -0.907. The van der Waals surface area contributed by atoms with Gasteiger partial charge in [-0.05, 0) is 48.3 Å². The molecular weight excluding hydrogens is 328 g/mol. The smallest absolute Gasteiger partial charge is 0.317 e.